The van der Waals surface area contributed by atoms with Gasteiger partial charge in [-0.25, -0.2) is 0 Å². The third-order valence-electron chi connectivity index (χ3n) is 4.98. The van der Waals surface area contributed by atoms with Gasteiger partial charge < -0.3 is 10.2 Å². The fourth-order valence-corrected chi connectivity index (χ4v) is 3.16. The van der Waals surface area contributed by atoms with Gasteiger partial charge in [0.2, 0.25) is 11.8 Å². The molecule has 0 radical (unpaired) electrons. The number of amides is 2. The second-order valence-corrected chi connectivity index (χ2v) is 6.85. The summed E-state index contributed by atoms with van der Waals surface area (Å²) in [6, 6.07) is -0.619. The van der Waals surface area contributed by atoms with Crippen molar-refractivity contribution in [1.82, 2.24) is 10.2 Å². The van der Waals surface area contributed by atoms with Crippen molar-refractivity contribution < 1.29 is 9.59 Å². The lowest BCUT2D eigenvalue weighted by molar-refractivity contribution is -0.154. The van der Waals surface area contributed by atoms with E-state index in [0.29, 0.717) is 5.92 Å². The number of rotatable bonds is 5. The van der Waals surface area contributed by atoms with Crippen LogP contribution < -0.4 is 5.32 Å². The molecule has 0 aromatic carbocycles. The van der Waals surface area contributed by atoms with Gasteiger partial charge >= 0.3 is 0 Å². The number of hydrogen-bond acceptors (Lipinski definition) is 2. The zero-order chi connectivity index (χ0) is 14.9. The first-order valence-electron chi connectivity index (χ1n) is 8.06. The molecule has 4 nitrogen and oxygen atoms in total. The molecule has 20 heavy (non-hydrogen) atoms. The summed E-state index contributed by atoms with van der Waals surface area (Å²) in [5, 5.41) is 2.94. The molecular formula is C16H28N2O2. The van der Waals surface area contributed by atoms with E-state index in [9.17, 15) is 9.59 Å². The predicted octanol–water partition coefficient (Wildman–Crippen LogP) is 2.18. The second kappa shape index (κ2) is 6.15. The molecule has 1 heterocycles. The zero-order valence-corrected chi connectivity index (χ0v) is 13.2. The minimum Gasteiger partial charge on any atom is -0.342 e. The molecule has 1 aliphatic carbocycles. The van der Waals surface area contributed by atoms with Gasteiger partial charge in [-0.1, -0.05) is 40.5 Å². The first kappa shape index (κ1) is 15.3. The van der Waals surface area contributed by atoms with Gasteiger partial charge in [0, 0.05) is 6.54 Å². The molecule has 2 amide bonds. The lowest BCUT2D eigenvalue weighted by Gasteiger charge is -2.45. The van der Waals surface area contributed by atoms with Gasteiger partial charge in [-0.15, -0.1) is 0 Å². The van der Waals surface area contributed by atoms with Crippen molar-refractivity contribution in [2.24, 2.45) is 17.8 Å². The van der Waals surface area contributed by atoms with Crippen LogP contribution in [0.25, 0.3) is 0 Å². The van der Waals surface area contributed by atoms with Crippen molar-refractivity contribution in [2.75, 3.05) is 6.54 Å². The summed E-state index contributed by atoms with van der Waals surface area (Å²) in [5.41, 5.74) is 0. The number of piperazine rings is 1. The van der Waals surface area contributed by atoms with Crippen molar-refractivity contribution in [2.45, 2.75) is 65.5 Å². The molecule has 0 aromatic rings. The standard InChI is InChI=1S/C16H28N2O2/c1-5-11(4)14-15(19)17-13(10(2)3)16(20)18(14)9-12-7-6-8-12/h10-14H,5-9H2,1-4H3,(H,17,19). The highest BCUT2D eigenvalue weighted by atomic mass is 16.2. The summed E-state index contributed by atoms with van der Waals surface area (Å²) in [4.78, 5) is 27.1. The van der Waals surface area contributed by atoms with Gasteiger partial charge in [0.25, 0.3) is 0 Å². The highest BCUT2D eigenvalue weighted by Gasteiger charge is 2.44. The Labute approximate surface area is 122 Å². The highest BCUT2D eigenvalue weighted by Crippen LogP contribution is 2.31. The van der Waals surface area contributed by atoms with Crippen LogP contribution in [0.4, 0.5) is 0 Å². The Hall–Kier alpha value is -1.06. The third kappa shape index (κ3) is 2.84. The fraction of sp³-hybridized carbons (Fsp3) is 0.875. The first-order valence-corrected chi connectivity index (χ1v) is 8.06. The lowest BCUT2D eigenvalue weighted by atomic mass is 9.83. The molecule has 0 spiro atoms. The van der Waals surface area contributed by atoms with Crippen molar-refractivity contribution >= 4 is 11.8 Å². The summed E-state index contributed by atoms with van der Waals surface area (Å²) in [6.45, 7) is 8.91. The number of carbonyl (C=O) groups excluding carboxylic acids is 2. The Morgan fingerprint density at radius 3 is 2.35 bits per heavy atom. The van der Waals surface area contributed by atoms with Gasteiger partial charge in [0.1, 0.15) is 12.1 Å². The Bertz CT molecular complexity index is 377. The van der Waals surface area contributed by atoms with E-state index in [1.807, 2.05) is 18.7 Å². The Morgan fingerprint density at radius 1 is 1.25 bits per heavy atom. The molecule has 2 rings (SSSR count). The maximum absolute atomic E-state index is 12.7. The lowest BCUT2D eigenvalue weighted by Crippen LogP contribution is -2.67. The molecule has 114 valence electrons. The van der Waals surface area contributed by atoms with Crippen LogP contribution in [0, 0.1) is 17.8 Å². The van der Waals surface area contributed by atoms with Crippen LogP contribution in [-0.2, 0) is 9.59 Å². The van der Waals surface area contributed by atoms with E-state index < -0.39 is 0 Å². The third-order valence-corrected chi connectivity index (χ3v) is 4.98. The van der Waals surface area contributed by atoms with E-state index in [4.69, 9.17) is 0 Å². The largest absolute Gasteiger partial charge is 0.342 e. The van der Waals surface area contributed by atoms with E-state index >= 15 is 0 Å². The molecular weight excluding hydrogens is 252 g/mol. The summed E-state index contributed by atoms with van der Waals surface area (Å²) in [6.07, 6.45) is 4.58. The molecule has 2 aliphatic rings. The average Bonchev–Trinajstić information content (AvgIpc) is 2.35. The van der Waals surface area contributed by atoms with Crippen LogP contribution in [0.5, 0.6) is 0 Å². The minimum atomic E-state index is -0.345. The van der Waals surface area contributed by atoms with Crippen LogP contribution >= 0.6 is 0 Å². The molecule has 4 heteroatoms. The van der Waals surface area contributed by atoms with Gasteiger partial charge in [0.15, 0.2) is 0 Å². The van der Waals surface area contributed by atoms with E-state index in [2.05, 4.69) is 19.2 Å². The molecule has 0 bridgehead atoms. The molecule has 3 atom stereocenters. The number of nitrogens with one attached hydrogen (secondary N) is 1. The maximum atomic E-state index is 12.7. The SMILES string of the molecule is CCC(C)C1C(=O)NC(C(C)C)C(=O)N1CC1CCC1. The monoisotopic (exact) mass is 280 g/mol. The van der Waals surface area contributed by atoms with Gasteiger partial charge in [-0.2, -0.15) is 0 Å². The van der Waals surface area contributed by atoms with Gasteiger partial charge in [-0.05, 0) is 30.6 Å². The minimum absolute atomic E-state index is 0.0389. The fourth-order valence-electron chi connectivity index (χ4n) is 3.16. The normalized spacial score (nSPS) is 29.4. The van der Waals surface area contributed by atoms with E-state index in [0.717, 1.165) is 13.0 Å². The molecule has 1 N–H and O–H groups in total. The van der Waals surface area contributed by atoms with E-state index in [-0.39, 0.29) is 35.7 Å². The van der Waals surface area contributed by atoms with Crippen molar-refractivity contribution in [3.63, 3.8) is 0 Å². The summed E-state index contributed by atoms with van der Waals surface area (Å²) in [5.74, 6) is 1.12. The van der Waals surface area contributed by atoms with Crippen LogP contribution in [-0.4, -0.2) is 35.3 Å². The molecule has 1 saturated carbocycles. The van der Waals surface area contributed by atoms with E-state index in [1.54, 1.807) is 0 Å². The van der Waals surface area contributed by atoms with E-state index in [1.165, 1.54) is 19.3 Å². The summed E-state index contributed by atoms with van der Waals surface area (Å²) >= 11 is 0. The van der Waals surface area contributed by atoms with Crippen molar-refractivity contribution in [3.8, 4) is 0 Å². The van der Waals surface area contributed by atoms with Crippen LogP contribution in [0.15, 0.2) is 0 Å². The maximum Gasteiger partial charge on any atom is 0.246 e. The summed E-state index contributed by atoms with van der Waals surface area (Å²) in [7, 11) is 0. The topological polar surface area (TPSA) is 49.4 Å². The van der Waals surface area contributed by atoms with Crippen molar-refractivity contribution in [1.29, 1.82) is 0 Å². The summed E-state index contributed by atoms with van der Waals surface area (Å²) < 4.78 is 0. The average molecular weight is 280 g/mol. The van der Waals surface area contributed by atoms with Gasteiger partial charge in [0.05, 0.1) is 0 Å². The Balaban J connectivity index is 2.20. The molecule has 3 unspecified atom stereocenters. The van der Waals surface area contributed by atoms with Gasteiger partial charge in [-0.3, -0.25) is 9.59 Å². The zero-order valence-electron chi connectivity index (χ0n) is 13.2. The van der Waals surface area contributed by atoms with Crippen LogP contribution in [0.2, 0.25) is 0 Å². The molecule has 2 fully saturated rings. The Morgan fingerprint density at radius 2 is 1.90 bits per heavy atom. The first-order chi connectivity index (χ1) is 9.45. The number of nitrogens with zero attached hydrogens (tertiary/aromatic N) is 1. The number of carbonyl (C=O) groups is 2. The highest BCUT2D eigenvalue weighted by molar-refractivity contribution is 5.97. The smallest absolute Gasteiger partial charge is 0.246 e. The predicted molar refractivity (Wildman–Crippen MR) is 79.1 cm³/mol. The number of hydrogen-bond donors (Lipinski definition) is 1. The molecule has 1 saturated heterocycles. The van der Waals surface area contributed by atoms with Crippen LogP contribution in [0.1, 0.15) is 53.4 Å². The quantitative estimate of drug-likeness (QED) is 0.839. The van der Waals surface area contributed by atoms with Crippen LogP contribution in [0.3, 0.4) is 0 Å². The Kier molecular flexibility index (Phi) is 4.71. The molecule has 1 aliphatic heterocycles. The second-order valence-electron chi connectivity index (χ2n) is 6.85. The van der Waals surface area contributed by atoms with Crippen molar-refractivity contribution in [3.05, 3.63) is 0 Å². The molecule has 0 aromatic heterocycles.